The minimum absolute atomic E-state index is 0.442. The summed E-state index contributed by atoms with van der Waals surface area (Å²) in [4.78, 5) is 0. The maximum atomic E-state index is 6.70. The van der Waals surface area contributed by atoms with Crippen LogP contribution in [0.4, 0.5) is 0 Å². The average Bonchev–Trinajstić information content (AvgIpc) is 3.89. The van der Waals surface area contributed by atoms with Gasteiger partial charge < -0.3 is 8.83 Å². The smallest absolute Gasteiger partial charge is 0.107 e. The van der Waals surface area contributed by atoms with Gasteiger partial charge in [0.1, 0.15) is 23.0 Å². The molecule has 3 fully saturated rings. The SMILES string of the molecule is CC1=CC2C(CC(c3ccc(C)o3)C2[Si]2(C3C(c4ccc(C)o4)CC4C(c5ccccc5)=C(C)C(C)=CC43)CCC2)C(c2ccccc2)=C1C. The molecular formula is C47H52O2Si. The zero-order valence-corrected chi connectivity index (χ0v) is 31.7. The zero-order valence-electron chi connectivity index (χ0n) is 30.7. The van der Waals surface area contributed by atoms with Crippen LogP contribution in [0.3, 0.4) is 0 Å². The topological polar surface area (TPSA) is 26.3 Å². The first-order valence-electron chi connectivity index (χ1n) is 19.3. The van der Waals surface area contributed by atoms with E-state index in [1.807, 2.05) is 0 Å². The Labute approximate surface area is 300 Å². The highest BCUT2D eigenvalue weighted by molar-refractivity contribution is 6.85. The molecule has 0 spiro atoms. The number of furan rings is 2. The summed E-state index contributed by atoms with van der Waals surface area (Å²) in [5.74, 6) is 7.56. The molecule has 256 valence electrons. The van der Waals surface area contributed by atoms with Gasteiger partial charge in [-0.1, -0.05) is 102 Å². The normalized spacial score (nSPS) is 31.6. The predicted octanol–water partition coefficient (Wildman–Crippen LogP) is 13.1. The van der Waals surface area contributed by atoms with Gasteiger partial charge in [-0.05, 0) is 147 Å². The van der Waals surface area contributed by atoms with Crippen LogP contribution in [-0.4, -0.2) is 8.07 Å². The second-order valence-corrected chi connectivity index (χ2v) is 21.4. The largest absolute Gasteiger partial charge is 0.466 e. The van der Waals surface area contributed by atoms with Crippen molar-refractivity contribution in [1.82, 2.24) is 0 Å². The third-order valence-electron chi connectivity index (χ3n) is 14.3. The second kappa shape index (κ2) is 12.2. The maximum Gasteiger partial charge on any atom is 0.107 e. The summed E-state index contributed by atoms with van der Waals surface area (Å²) >= 11 is 0. The highest BCUT2D eigenvalue weighted by atomic mass is 28.3. The first-order valence-corrected chi connectivity index (χ1v) is 21.8. The molecule has 9 rings (SSSR count). The van der Waals surface area contributed by atoms with E-state index in [1.165, 1.54) is 76.3 Å². The number of aryl methyl sites for hydroxylation is 2. The van der Waals surface area contributed by atoms with Crippen molar-refractivity contribution in [3.05, 3.63) is 154 Å². The van der Waals surface area contributed by atoms with Crippen LogP contribution >= 0.6 is 0 Å². The van der Waals surface area contributed by atoms with Gasteiger partial charge in [-0.2, -0.15) is 0 Å². The summed E-state index contributed by atoms with van der Waals surface area (Å²) in [6.45, 7) is 13.8. The summed E-state index contributed by atoms with van der Waals surface area (Å²) in [6, 6.07) is 34.6. The van der Waals surface area contributed by atoms with Crippen molar-refractivity contribution in [1.29, 1.82) is 0 Å². The molecule has 1 aliphatic heterocycles. The van der Waals surface area contributed by atoms with E-state index in [0.717, 1.165) is 11.5 Å². The lowest BCUT2D eigenvalue weighted by Crippen LogP contribution is -2.55. The van der Waals surface area contributed by atoms with E-state index in [0.29, 0.717) is 46.6 Å². The molecule has 2 aromatic heterocycles. The first-order chi connectivity index (χ1) is 24.2. The van der Waals surface area contributed by atoms with Crippen molar-refractivity contribution in [2.45, 2.75) is 95.8 Å². The molecule has 0 radical (unpaired) electrons. The lowest BCUT2D eigenvalue weighted by Gasteiger charge is -2.56. The average molecular weight is 677 g/mol. The molecule has 3 heteroatoms. The zero-order chi connectivity index (χ0) is 34.3. The third kappa shape index (κ3) is 4.86. The number of hydrogen-bond donors (Lipinski definition) is 0. The Morgan fingerprint density at radius 2 is 0.920 bits per heavy atom. The van der Waals surface area contributed by atoms with Gasteiger partial charge in [-0.3, -0.25) is 0 Å². The van der Waals surface area contributed by atoms with E-state index >= 15 is 0 Å². The van der Waals surface area contributed by atoms with Crippen molar-refractivity contribution < 1.29 is 8.83 Å². The number of rotatable bonds is 6. The fourth-order valence-electron chi connectivity index (χ4n) is 12.1. The van der Waals surface area contributed by atoms with E-state index in [1.54, 1.807) is 11.1 Å². The van der Waals surface area contributed by atoms with Gasteiger partial charge >= 0.3 is 0 Å². The number of allylic oxidation sites excluding steroid dienone is 8. The van der Waals surface area contributed by atoms with Gasteiger partial charge in [-0.25, -0.2) is 0 Å². The highest BCUT2D eigenvalue weighted by Gasteiger charge is 2.66. The van der Waals surface area contributed by atoms with Crippen molar-refractivity contribution in [2.24, 2.45) is 23.7 Å². The maximum absolute atomic E-state index is 6.70. The summed E-state index contributed by atoms with van der Waals surface area (Å²) in [5.41, 5.74) is 13.2. The molecule has 8 atom stereocenters. The Balaban J connectivity index is 1.23. The number of benzene rings is 2. The van der Waals surface area contributed by atoms with E-state index in [-0.39, 0.29) is 0 Å². The first kappa shape index (κ1) is 32.1. The minimum Gasteiger partial charge on any atom is -0.466 e. The van der Waals surface area contributed by atoms with E-state index in [2.05, 4.69) is 139 Å². The molecular weight excluding hydrogens is 625 g/mol. The minimum atomic E-state index is -1.99. The van der Waals surface area contributed by atoms with Crippen LogP contribution in [0, 0.1) is 37.5 Å². The van der Waals surface area contributed by atoms with Crippen LogP contribution in [0.1, 0.15) is 93.0 Å². The Morgan fingerprint density at radius 3 is 1.26 bits per heavy atom. The van der Waals surface area contributed by atoms with Gasteiger partial charge in [0, 0.05) is 11.8 Å². The van der Waals surface area contributed by atoms with Crippen LogP contribution in [0.2, 0.25) is 23.2 Å². The Bertz CT molecular complexity index is 1900. The van der Waals surface area contributed by atoms with Crippen molar-refractivity contribution in [3.8, 4) is 0 Å². The fourth-order valence-corrected chi connectivity index (χ4v) is 19.4. The molecule has 5 aliphatic rings. The van der Waals surface area contributed by atoms with Crippen LogP contribution in [0.25, 0.3) is 11.1 Å². The van der Waals surface area contributed by atoms with Gasteiger partial charge in [0.15, 0.2) is 0 Å². The molecule has 8 unspecified atom stereocenters. The van der Waals surface area contributed by atoms with Crippen LogP contribution in [0.15, 0.2) is 128 Å². The van der Waals surface area contributed by atoms with Crippen molar-refractivity contribution >= 4 is 19.2 Å². The molecule has 2 saturated carbocycles. The van der Waals surface area contributed by atoms with Crippen molar-refractivity contribution in [2.75, 3.05) is 0 Å². The monoisotopic (exact) mass is 676 g/mol. The molecule has 0 N–H and O–H groups in total. The van der Waals surface area contributed by atoms with Gasteiger partial charge in [0.25, 0.3) is 0 Å². The Kier molecular flexibility index (Phi) is 7.80. The molecule has 3 heterocycles. The molecule has 2 nitrogen and oxygen atoms in total. The third-order valence-corrected chi connectivity index (χ3v) is 21.1. The van der Waals surface area contributed by atoms with Crippen LogP contribution in [-0.2, 0) is 0 Å². The van der Waals surface area contributed by atoms with Crippen LogP contribution < -0.4 is 0 Å². The van der Waals surface area contributed by atoms with Gasteiger partial charge in [0.2, 0.25) is 0 Å². The molecule has 50 heavy (non-hydrogen) atoms. The molecule has 4 aliphatic carbocycles. The summed E-state index contributed by atoms with van der Waals surface area (Å²) in [6.07, 6.45) is 9.22. The van der Waals surface area contributed by atoms with Crippen LogP contribution in [0.5, 0.6) is 0 Å². The quantitative estimate of drug-likeness (QED) is 0.190. The second-order valence-electron chi connectivity index (χ2n) is 16.6. The summed E-state index contributed by atoms with van der Waals surface area (Å²) < 4.78 is 13.4. The van der Waals surface area contributed by atoms with Crippen molar-refractivity contribution in [3.63, 3.8) is 0 Å². The predicted molar refractivity (Wildman–Crippen MR) is 209 cm³/mol. The standard InChI is InChI=1S/C47H52O2Si/c1-28-24-38-36(44(32(28)5)34-14-9-7-10-15-34)26-40(42-20-18-30(3)48-42)46(38)50(22-13-23-50)47-39-25-29(2)33(6)45(35-16-11-8-12-17-35)37(39)27-41(47)43-21-19-31(4)49-43/h7-12,14-21,24-25,36-41,46-47H,13,22-23,26-27H2,1-6H3. The number of fused-ring (bicyclic) bond motifs is 2. The molecule has 0 amide bonds. The lowest BCUT2D eigenvalue weighted by molar-refractivity contribution is 0.414. The van der Waals surface area contributed by atoms with Gasteiger partial charge in [0.05, 0.1) is 8.07 Å². The summed E-state index contributed by atoms with van der Waals surface area (Å²) in [5, 5.41) is 0. The molecule has 0 bridgehead atoms. The van der Waals surface area contributed by atoms with E-state index in [9.17, 15) is 0 Å². The molecule has 4 aromatic rings. The van der Waals surface area contributed by atoms with Gasteiger partial charge in [-0.15, -0.1) is 0 Å². The molecule has 2 aromatic carbocycles. The summed E-state index contributed by atoms with van der Waals surface area (Å²) in [7, 11) is -1.99. The molecule has 1 saturated heterocycles. The lowest BCUT2D eigenvalue weighted by atomic mass is 9.75. The highest BCUT2D eigenvalue weighted by Crippen LogP contribution is 2.73. The fraction of sp³-hybridized carbons (Fsp3) is 0.404. The van der Waals surface area contributed by atoms with E-state index in [4.69, 9.17) is 8.83 Å². The number of hydrogen-bond acceptors (Lipinski definition) is 2. The Morgan fingerprint density at radius 1 is 0.500 bits per heavy atom. The van der Waals surface area contributed by atoms with E-state index < -0.39 is 8.07 Å². The Hall–Kier alpha value is -3.82.